The molecule has 0 atom stereocenters. The van der Waals surface area contributed by atoms with Gasteiger partial charge in [0, 0.05) is 17.8 Å². The van der Waals surface area contributed by atoms with Gasteiger partial charge in [-0.15, -0.1) is 0 Å². The van der Waals surface area contributed by atoms with Crippen molar-refractivity contribution in [2.24, 2.45) is 0 Å². The molecule has 2 rings (SSSR count). The van der Waals surface area contributed by atoms with Gasteiger partial charge in [0.05, 0.1) is 7.11 Å². The van der Waals surface area contributed by atoms with E-state index < -0.39 is 12.3 Å². The van der Waals surface area contributed by atoms with Gasteiger partial charge in [0.25, 0.3) is 0 Å². The third-order valence-electron chi connectivity index (χ3n) is 2.52. The maximum absolute atomic E-state index is 12.8. The van der Waals surface area contributed by atoms with Crippen LogP contribution in [0.15, 0.2) is 24.3 Å². The monoisotopic (exact) mass is 231 g/mol. The van der Waals surface area contributed by atoms with Gasteiger partial charge < -0.3 is 4.74 Å². The topological polar surface area (TPSA) is 12.5 Å². The molecule has 0 unspecified atom stereocenters. The predicted octanol–water partition coefficient (Wildman–Crippen LogP) is 3.18. The van der Waals surface area contributed by atoms with Crippen LogP contribution in [0.2, 0.25) is 0 Å². The molecule has 0 amide bonds. The number of ether oxygens (including phenoxy) is 1. The molecule has 0 saturated heterocycles. The number of alkyl halides is 3. The van der Waals surface area contributed by atoms with Crippen LogP contribution in [0.3, 0.4) is 0 Å². The Morgan fingerprint density at radius 3 is 2.50 bits per heavy atom. The Morgan fingerprint density at radius 2 is 2.00 bits per heavy atom. The van der Waals surface area contributed by atoms with Crippen molar-refractivity contribution >= 4 is 5.69 Å². The molecule has 0 aliphatic heterocycles. The average molecular weight is 231 g/mol. The van der Waals surface area contributed by atoms with Crippen molar-refractivity contribution in [1.82, 2.24) is 0 Å². The first kappa shape index (κ1) is 11.1. The Kier molecular flexibility index (Phi) is 2.69. The number of hydrogen-bond acceptors (Lipinski definition) is 2. The molecular formula is C11H12F3NO. The van der Waals surface area contributed by atoms with Crippen LogP contribution in [0.4, 0.5) is 18.9 Å². The molecule has 0 heterocycles. The summed E-state index contributed by atoms with van der Waals surface area (Å²) in [6.07, 6.45) is -3.14. The van der Waals surface area contributed by atoms with Crippen LogP contribution < -0.4 is 9.64 Å². The van der Waals surface area contributed by atoms with Gasteiger partial charge in [-0.1, -0.05) is 6.07 Å². The highest BCUT2D eigenvalue weighted by Crippen LogP contribution is 2.40. The fourth-order valence-corrected chi connectivity index (χ4v) is 1.66. The molecule has 88 valence electrons. The summed E-state index contributed by atoms with van der Waals surface area (Å²) >= 11 is 0. The smallest absolute Gasteiger partial charge is 0.485 e. The summed E-state index contributed by atoms with van der Waals surface area (Å²) < 4.78 is 43.4. The van der Waals surface area contributed by atoms with Crippen LogP contribution in [0.1, 0.15) is 12.8 Å². The van der Waals surface area contributed by atoms with Crippen LogP contribution in [-0.2, 0) is 0 Å². The number of methoxy groups -OCH3 is 1. The highest BCUT2D eigenvalue weighted by atomic mass is 19.4. The SMILES string of the molecule is COc1cccc(N(C2CC2)C(F)(F)F)c1. The molecule has 16 heavy (non-hydrogen) atoms. The third kappa shape index (κ3) is 2.23. The molecule has 2 nitrogen and oxygen atoms in total. The normalized spacial score (nSPS) is 16.0. The second-order valence-electron chi connectivity index (χ2n) is 3.77. The van der Waals surface area contributed by atoms with E-state index in [1.807, 2.05) is 0 Å². The van der Waals surface area contributed by atoms with Crippen molar-refractivity contribution in [2.75, 3.05) is 12.0 Å². The van der Waals surface area contributed by atoms with Crippen molar-refractivity contribution in [3.05, 3.63) is 24.3 Å². The minimum absolute atomic E-state index is 0.148. The number of hydrogen-bond donors (Lipinski definition) is 0. The molecule has 0 radical (unpaired) electrons. The van der Waals surface area contributed by atoms with E-state index in [2.05, 4.69) is 0 Å². The largest absolute Gasteiger partial charge is 0.497 e. The van der Waals surface area contributed by atoms with Gasteiger partial charge in [-0.3, -0.25) is 4.90 Å². The number of rotatable bonds is 3. The number of anilines is 1. The lowest BCUT2D eigenvalue weighted by Crippen LogP contribution is -2.39. The zero-order chi connectivity index (χ0) is 11.8. The van der Waals surface area contributed by atoms with E-state index in [9.17, 15) is 13.2 Å². The first-order chi connectivity index (χ1) is 7.52. The van der Waals surface area contributed by atoms with E-state index in [0.29, 0.717) is 23.5 Å². The van der Waals surface area contributed by atoms with E-state index in [0.717, 1.165) is 0 Å². The van der Waals surface area contributed by atoms with Crippen molar-refractivity contribution < 1.29 is 17.9 Å². The highest BCUT2D eigenvalue weighted by molar-refractivity contribution is 5.53. The van der Waals surface area contributed by atoms with Crippen LogP contribution in [0, 0.1) is 0 Å². The van der Waals surface area contributed by atoms with Crippen molar-refractivity contribution in [3.63, 3.8) is 0 Å². The minimum Gasteiger partial charge on any atom is -0.497 e. The van der Waals surface area contributed by atoms with E-state index in [-0.39, 0.29) is 5.69 Å². The highest BCUT2D eigenvalue weighted by Gasteiger charge is 2.46. The summed E-state index contributed by atoms with van der Waals surface area (Å²) in [6.45, 7) is 0. The zero-order valence-corrected chi connectivity index (χ0v) is 8.79. The molecule has 1 aliphatic rings. The van der Waals surface area contributed by atoms with Crippen molar-refractivity contribution in [1.29, 1.82) is 0 Å². The van der Waals surface area contributed by atoms with Gasteiger partial charge in [-0.05, 0) is 25.0 Å². The van der Waals surface area contributed by atoms with Crippen molar-refractivity contribution in [3.8, 4) is 5.75 Å². The summed E-state index contributed by atoms with van der Waals surface area (Å²) in [5.74, 6) is 0.437. The number of nitrogens with zero attached hydrogens (tertiary/aromatic N) is 1. The lowest BCUT2D eigenvalue weighted by atomic mass is 10.2. The fourth-order valence-electron chi connectivity index (χ4n) is 1.66. The van der Waals surface area contributed by atoms with Gasteiger partial charge in [0.1, 0.15) is 5.75 Å². The molecule has 1 aromatic carbocycles. The Balaban J connectivity index is 2.31. The van der Waals surface area contributed by atoms with E-state index >= 15 is 0 Å². The predicted molar refractivity (Wildman–Crippen MR) is 54.6 cm³/mol. The standard InChI is InChI=1S/C11H12F3NO/c1-16-10-4-2-3-9(7-10)15(8-5-6-8)11(12,13)14/h2-4,7-8H,5-6H2,1H3. The van der Waals surface area contributed by atoms with Crippen LogP contribution in [0.25, 0.3) is 0 Å². The Bertz CT molecular complexity index is 374. The maximum Gasteiger partial charge on any atom is 0.485 e. The summed E-state index contributed by atoms with van der Waals surface area (Å²) in [5.41, 5.74) is 0.148. The maximum atomic E-state index is 12.8. The van der Waals surface area contributed by atoms with Gasteiger partial charge >= 0.3 is 6.30 Å². The van der Waals surface area contributed by atoms with Crippen LogP contribution >= 0.6 is 0 Å². The summed E-state index contributed by atoms with van der Waals surface area (Å²) in [4.78, 5) is 0.509. The number of benzene rings is 1. The molecule has 1 aliphatic carbocycles. The van der Waals surface area contributed by atoms with E-state index in [4.69, 9.17) is 4.74 Å². The molecular weight excluding hydrogens is 219 g/mol. The lowest BCUT2D eigenvalue weighted by Gasteiger charge is -2.27. The molecule has 1 saturated carbocycles. The third-order valence-corrected chi connectivity index (χ3v) is 2.52. The average Bonchev–Trinajstić information content (AvgIpc) is 3.00. The molecule has 5 heteroatoms. The first-order valence-corrected chi connectivity index (χ1v) is 5.02. The fraction of sp³-hybridized carbons (Fsp3) is 0.455. The molecule has 0 bridgehead atoms. The molecule has 0 spiro atoms. The van der Waals surface area contributed by atoms with Gasteiger partial charge in [-0.25, -0.2) is 0 Å². The molecule has 0 N–H and O–H groups in total. The molecule has 0 aromatic heterocycles. The zero-order valence-electron chi connectivity index (χ0n) is 8.79. The molecule has 1 aromatic rings. The van der Waals surface area contributed by atoms with E-state index in [1.54, 1.807) is 12.1 Å². The lowest BCUT2D eigenvalue weighted by molar-refractivity contribution is -0.130. The number of halogens is 3. The summed E-state index contributed by atoms with van der Waals surface area (Å²) in [5, 5.41) is 0. The Morgan fingerprint density at radius 1 is 1.31 bits per heavy atom. The van der Waals surface area contributed by atoms with Crippen LogP contribution in [0.5, 0.6) is 5.75 Å². The Labute approximate surface area is 91.6 Å². The Hall–Kier alpha value is -1.39. The minimum atomic E-state index is -4.33. The second kappa shape index (κ2) is 3.88. The van der Waals surface area contributed by atoms with Gasteiger partial charge in [0.2, 0.25) is 0 Å². The summed E-state index contributed by atoms with van der Waals surface area (Å²) in [6, 6.07) is 5.65. The first-order valence-electron chi connectivity index (χ1n) is 5.02. The van der Waals surface area contributed by atoms with Gasteiger partial charge in [0.15, 0.2) is 0 Å². The second-order valence-corrected chi connectivity index (χ2v) is 3.77. The molecule has 1 fully saturated rings. The summed E-state index contributed by atoms with van der Waals surface area (Å²) in [7, 11) is 1.44. The van der Waals surface area contributed by atoms with Crippen molar-refractivity contribution in [2.45, 2.75) is 25.2 Å². The van der Waals surface area contributed by atoms with Gasteiger partial charge in [-0.2, -0.15) is 13.2 Å². The quantitative estimate of drug-likeness (QED) is 0.741. The van der Waals surface area contributed by atoms with Crippen LogP contribution in [-0.4, -0.2) is 19.5 Å². The van der Waals surface area contributed by atoms with E-state index in [1.165, 1.54) is 19.2 Å².